The maximum atomic E-state index is 11.4. The van der Waals surface area contributed by atoms with E-state index in [2.05, 4.69) is 15.2 Å². The Labute approximate surface area is 96.8 Å². The van der Waals surface area contributed by atoms with Crippen LogP contribution < -0.4 is 4.84 Å². The Hall–Kier alpha value is -1.63. The summed E-state index contributed by atoms with van der Waals surface area (Å²) in [5.41, 5.74) is 0. The quantitative estimate of drug-likeness (QED) is 0.347. The van der Waals surface area contributed by atoms with Crippen molar-refractivity contribution in [3.63, 3.8) is 0 Å². The van der Waals surface area contributed by atoms with Crippen molar-refractivity contribution in [3.8, 4) is 5.88 Å². The molecule has 0 radical (unpaired) electrons. The van der Waals surface area contributed by atoms with Gasteiger partial charge >= 0.3 is 0 Å². The van der Waals surface area contributed by atoms with Crippen LogP contribution in [0.3, 0.4) is 0 Å². The molecule has 0 spiro atoms. The minimum Gasteiger partial charge on any atom is -0.569 e. The van der Waals surface area contributed by atoms with Crippen LogP contribution in [-0.2, 0) is 0 Å². The molecule has 1 aliphatic heterocycles. The molecule has 2 rings (SSSR count). The molecule has 2 heterocycles. The van der Waals surface area contributed by atoms with Crippen molar-refractivity contribution in [2.45, 2.75) is 12.8 Å². The zero-order chi connectivity index (χ0) is 11.4. The normalized spacial score (nSPS) is 16.6. The molecule has 0 N–H and O–H groups in total. The molecule has 1 aromatic heterocycles. The Balaban J connectivity index is 1.97. The molecule has 8 heteroatoms. The number of hydrogen-bond acceptors (Lipinski definition) is 5. The number of rotatable bonds is 3. The van der Waals surface area contributed by atoms with E-state index in [1.807, 2.05) is 0 Å². The van der Waals surface area contributed by atoms with Gasteiger partial charge in [0.2, 0.25) is 10.6 Å². The predicted molar refractivity (Wildman–Crippen MR) is 54.5 cm³/mol. The number of hydrogen-bond donors (Lipinski definition) is 0. The average Bonchev–Trinajstić information content (AvgIpc) is 2.79. The van der Waals surface area contributed by atoms with E-state index in [0.717, 1.165) is 12.8 Å². The summed E-state index contributed by atoms with van der Waals surface area (Å²) >= 11 is 5.54. The molecule has 0 unspecified atom stereocenters. The molecule has 7 nitrogen and oxygen atoms in total. The summed E-state index contributed by atoms with van der Waals surface area (Å²) in [6, 6.07) is 1.47. The van der Waals surface area contributed by atoms with E-state index in [4.69, 9.17) is 16.4 Å². The van der Waals surface area contributed by atoms with Crippen LogP contribution in [0.2, 0.25) is 5.28 Å². The van der Waals surface area contributed by atoms with Gasteiger partial charge in [0.15, 0.2) is 0 Å². The highest BCUT2D eigenvalue weighted by Gasteiger charge is 2.18. The Bertz CT molecular complexity index is 394. The number of aromatic nitrogens is 2. The molecule has 86 valence electrons. The monoisotopic (exact) mass is 243 g/mol. The van der Waals surface area contributed by atoms with Crippen molar-refractivity contribution in [1.29, 1.82) is 0 Å². The fourth-order valence-electron chi connectivity index (χ4n) is 1.37. The van der Waals surface area contributed by atoms with Crippen LogP contribution in [0.4, 0.5) is 0 Å². The largest absolute Gasteiger partial charge is 0.569 e. The van der Waals surface area contributed by atoms with Gasteiger partial charge in [-0.15, -0.1) is 5.01 Å². The van der Waals surface area contributed by atoms with Gasteiger partial charge in [0.25, 0.3) is 5.88 Å². The smallest absolute Gasteiger partial charge is 0.259 e. The molecule has 1 aromatic rings. The molecule has 0 atom stereocenters. The highest BCUT2D eigenvalue weighted by atomic mass is 35.5. The summed E-state index contributed by atoms with van der Waals surface area (Å²) in [5, 5.41) is 16.3. The third kappa shape index (κ3) is 2.69. The summed E-state index contributed by atoms with van der Waals surface area (Å²) in [6.45, 7) is 1.39. The number of halogens is 1. The molecule has 0 amide bonds. The van der Waals surface area contributed by atoms with E-state index < -0.39 is 0 Å². The summed E-state index contributed by atoms with van der Waals surface area (Å²) in [7, 11) is 0. The van der Waals surface area contributed by atoms with E-state index in [1.165, 1.54) is 12.3 Å². The van der Waals surface area contributed by atoms with Crippen molar-refractivity contribution in [2.24, 2.45) is 5.28 Å². The Morgan fingerprint density at radius 3 is 2.94 bits per heavy atom. The first kappa shape index (κ1) is 10.9. The fraction of sp³-hybridized carbons (Fsp3) is 0.500. The van der Waals surface area contributed by atoms with Crippen molar-refractivity contribution in [2.75, 3.05) is 13.1 Å². The van der Waals surface area contributed by atoms with Gasteiger partial charge in [-0.25, -0.2) is 4.98 Å². The summed E-state index contributed by atoms with van der Waals surface area (Å²) in [4.78, 5) is 12.7. The molecule has 16 heavy (non-hydrogen) atoms. The van der Waals surface area contributed by atoms with E-state index in [1.54, 1.807) is 5.01 Å². The Morgan fingerprint density at radius 2 is 2.25 bits per heavy atom. The minimum absolute atomic E-state index is 0.0475. The SMILES string of the molecule is [O-]/[N+](=N\Oc1ccnc(Cl)n1)N1CCCC1. The molecule has 1 fully saturated rings. The highest BCUT2D eigenvalue weighted by molar-refractivity contribution is 6.28. The van der Waals surface area contributed by atoms with Gasteiger partial charge in [0, 0.05) is 12.3 Å². The lowest BCUT2D eigenvalue weighted by Gasteiger charge is -2.09. The second-order valence-electron chi connectivity index (χ2n) is 3.25. The van der Waals surface area contributed by atoms with E-state index in [9.17, 15) is 5.21 Å². The second kappa shape index (κ2) is 4.93. The molecule has 0 aliphatic carbocycles. The number of nitrogens with zero attached hydrogens (tertiary/aromatic N) is 5. The van der Waals surface area contributed by atoms with Gasteiger partial charge in [-0.1, -0.05) is 0 Å². The molecule has 1 aliphatic rings. The Kier molecular flexibility index (Phi) is 3.35. The molecular weight excluding hydrogens is 234 g/mol. The number of hydrazine groups is 1. The van der Waals surface area contributed by atoms with Crippen molar-refractivity contribution < 1.29 is 9.81 Å². The van der Waals surface area contributed by atoms with Gasteiger partial charge in [0.05, 0.1) is 18.1 Å². The van der Waals surface area contributed by atoms with E-state index >= 15 is 0 Å². The first-order valence-corrected chi connectivity index (χ1v) is 5.22. The topological polar surface area (TPSA) is 76.7 Å². The summed E-state index contributed by atoms with van der Waals surface area (Å²) < 4.78 is 0. The maximum Gasteiger partial charge on any atom is 0.259 e. The van der Waals surface area contributed by atoms with Crippen molar-refractivity contribution >= 4 is 11.6 Å². The van der Waals surface area contributed by atoms with Gasteiger partial charge in [-0.2, -0.15) is 4.98 Å². The zero-order valence-electron chi connectivity index (χ0n) is 8.41. The maximum absolute atomic E-state index is 11.4. The van der Waals surface area contributed by atoms with Crippen LogP contribution in [0.25, 0.3) is 0 Å². The third-order valence-electron chi connectivity index (χ3n) is 2.13. The second-order valence-corrected chi connectivity index (χ2v) is 3.59. The van der Waals surface area contributed by atoms with Crippen molar-refractivity contribution in [3.05, 3.63) is 22.8 Å². The van der Waals surface area contributed by atoms with Gasteiger partial charge in [-0.05, 0) is 24.4 Å². The summed E-state index contributed by atoms with van der Waals surface area (Å²) in [6.07, 6.45) is 3.41. The van der Waals surface area contributed by atoms with Gasteiger partial charge in [0.1, 0.15) is 0 Å². The fourth-order valence-corrected chi connectivity index (χ4v) is 1.51. The van der Waals surface area contributed by atoms with E-state index in [0.29, 0.717) is 18.1 Å². The van der Waals surface area contributed by atoms with E-state index in [-0.39, 0.29) is 11.2 Å². The lowest BCUT2D eigenvalue weighted by atomic mass is 10.4. The standard InChI is InChI=1S/C8H10ClN5O2/c9-8-10-4-3-7(11-8)16-12-14(15)13-5-1-2-6-13/h3-4H,1-2,5-6H2/b14-12-. The zero-order valence-corrected chi connectivity index (χ0v) is 9.17. The van der Waals surface area contributed by atoms with Gasteiger partial charge < -0.3 is 5.21 Å². The lowest BCUT2D eigenvalue weighted by Crippen LogP contribution is -2.27. The first-order chi connectivity index (χ1) is 7.75. The molecule has 0 saturated carbocycles. The van der Waals surface area contributed by atoms with Crippen LogP contribution in [0.1, 0.15) is 12.8 Å². The lowest BCUT2D eigenvalue weighted by molar-refractivity contribution is -0.703. The highest BCUT2D eigenvalue weighted by Crippen LogP contribution is 2.10. The van der Waals surface area contributed by atoms with Crippen LogP contribution in [0.15, 0.2) is 17.5 Å². The van der Waals surface area contributed by atoms with Crippen LogP contribution >= 0.6 is 11.6 Å². The predicted octanol–water partition coefficient (Wildman–Crippen LogP) is 1.40. The molecular formula is C8H10ClN5O2. The van der Waals surface area contributed by atoms with Crippen LogP contribution in [-0.4, -0.2) is 33.0 Å². The Morgan fingerprint density at radius 1 is 1.50 bits per heavy atom. The first-order valence-electron chi connectivity index (χ1n) is 4.84. The third-order valence-corrected chi connectivity index (χ3v) is 2.31. The molecule has 0 bridgehead atoms. The minimum atomic E-state index is 0.0475. The summed E-state index contributed by atoms with van der Waals surface area (Å²) in [5.74, 6) is 0.139. The van der Waals surface area contributed by atoms with Crippen LogP contribution in [0.5, 0.6) is 5.88 Å². The average molecular weight is 244 g/mol. The molecule has 0 aromatic carbocycles. The molecule has 1 saturated heterocycles. The van der Waals surface area contributed by atoms with Gasteiger partial charge in [-0.3, -0.25) is 4.84 Å². The van der Waals surface area contributed by atoms with Crippen LogP contribution in [0, 0.1) is 5.21 Å². The van der Waals surface area contributed by atoms with Crippen molar-refractivity contribution in [1.82, 2.24) is 15.0 Å².